The molecule has 0 radical (unpaired) electrons. The van der Waals surface area contributed by atoms with Gasteiger partial charge in [0, 0.05) is 25.9 Å². The van der Waals surface area contributed by atoms with Crippen LogP contribution in [0, 0.1) is 105 Å². The van der Waals surface area contributed by atoms with Crippen LogP contribution in [0.15, 0.2) is 0 Å². The number of fused-ring (bicyclic) bond motifs is 10. The molecular weight excluding hydrogens is 923 g/mol. The molecule has 0 spiro atoms. The highest BCUT2D eigenvalue weighted by Crippen LogP contribution is 2.70. The molecular formula is C68H123N3O4+2. The van der Waals surface area contributed by atoms with E-state index >= 15 is 0 Å². The second-order valence-electron chi connectivity index (χ2n) is 32.2. The first kappa shape index (κ1) is 59.9. The molecule has 0 aromatic carbocycles. The summed E-state index contributed by atoms with van der Waals surface area (Å²) in [6.45, 7) is 30.2. The van der Waals surface area contributed by atoms with Crippen LogP contribution >= 0.6 is 0 Å². The van der Waals surface area contributed by atoms with Gasteiger partial charge in [-0.3, -0.25) is 0 Å². The minimum atomic E-state index is -0.00242. The van der Waals surface area contributed by atoms with Crippen molar-refractivity contribution in [3.05, 3.63) is 0 Å². The van der Waals surface area contributed by atoms with Crippen molar-refractivity contribution in [1.82, 2.24) is 5.32 Å². The van der Waals surface area contributed by atoms with Crippen LogP contribution in [-0.2, 0) is 19.1 Å². The maximum Gasteiger partial charge on any atom is 0.362 e. The highest BCUT2D eigenvalue weighted by Gasteiger charge is 2.63. The molecule has 2 unspecified atom stereocenters. The molecule has 0 bridgehead atoms. The summed E-state index contributed by atoms with van der Waals surface area (Å²) in [4.78, 5) is 27.0. The summed E-state index contributed by atoms with van der Waals surface area (Å²) in [7, 11) is 8.77. The van der Waals surface area contributed by atoms with E-state index in [0.29, 0.717) is 55.6 Å². The molecule has 75 heavy (non-hydrogen) atoms. The molecule has 0 aliphatic heterocycles. The van der Waals surface area contributed by atoms with Crippen molar-refractivity contribution in [2.24, 2.45) is 105 Å². The van der Waals surface area contributed by atoms with Crippen LogP contribution < -0.4 is 5.32 Å². The first-order valence-corrected chi connectivity index (χ1v) is 33.1. The maximum atomic E-state index is 13.5. The van der Waals surface area contributed by atoms with Gasteiger partial charge in [-0.25, -0.2) is 9.59 Å². The molecule has 7 heteroatoms. The van der Waals surface area contributed by atoms with Crippen molar-refractivity contribution in [2.75, 3.05) is 67.5 Å². The molecule has 8 fully saturated rings. The minimum Gasteiger partial charge on any atom is -0.458 e. The molecule has 0 heterocycles. The zero-order valence-corrected chi connectivity index (χ0v) is 51.9. The lowest BCUT2D eigenvalue weighted by atomic mass is 9.44. The quantitative estimate of drug-likeness (QED) is 0.0593. The number of likely N-dealkylation sites (N-methyl/N-ethyl adjacent to an activating group) is 2. The summed E-state index contributed by atoms with van der Waals surface area (Å²) < 4.78 is 14.1. The van der Waals surface area contributed by atoms with E-state index in [0.717, 1.165) is 136 Å². The summed E-state index contributed by atoms with van der Waals surface area (Å²) >= 11 is 0. The van der Waals surface area contributed by atoms with Crippen LogP contribution in [0.5, 0.6) is 0 Å². The number of hydrogen-bond donors (Lipinski definition) is 1. The number of nitrogens with one attached hydrogen (secondary N) is 1. The van der Waals surface area contributed by atoms with Gasteiger partial charge in [0.15, 0.2) is 13.1 Å². The molecule has 0 saturated heterocycles. The number of hydrogen-bond acceptors (Lipinski definition) is 5. The second kappa shape index (κ2) is 24.5. The van der Waals surface area contributed by atoms with E-state index in [2.05, 4.69) is 103 Å². The van der Waals surface area contributed by atoms with Gasteiger partial charge in [-0.15, -0.1) is 0 Å². The maximum absolute atomic E-state index is 13.5. The molecule has 7 nitrogen and oxygen atoms in total. The molecule has 8 rings (SSSR count). The van der Waals surface area contributed by atoms with E-state index in [9.17, 15) is 9.59 Å². The van der Waals surface area contributed by atoms with Crippen LogP contribution in [0.25, 0.3) is 0 Å². The number of esters is 2. The fraction of sp³-hybridized carbons (Fsp3) is 0.971. The van der Waals surface area contributed by atoms with Crippen molar-refractivity contribution >= 4 is 11.9 Å². The third-order valence-electron chi connectivity index (χ3n) is 25.6. The number of ether oxygens (including phenoxy) is 2. The Balaban J connectivity index is 0.684. The van der Waals surface area contributed by atoms with Crippen molar-refractivity contribution in [1.29, 1.82) is 0 Å². The summed E-state index contributed by atoms with van der Waals surface area (Å²) in [5.41, 5.74) is 1.93. The minimum absolute atomic E-state index is 0.00242. The van der Waals surface area contributed by atoms with Crippen LogP contribution in [0.1, 0.15) is 236 Å². The average molecular weight is 1050 g/mol. The molecule has 0 aromatic heterocycles. The Bertz CT molecular complexity index is 1730. The Kier molecular flexibility index (Phi) is 19.6. The van der Waals surface area contributed by atoms with Gasteiger partial charge >= 0.3 is 11.9 Å². The molecule has 0 amide bonds. The van der Waals surface area contributed by atoms with Gasteiger partial charge < -0.3 is 23.8 Å². The normalized spacial score (nSPS) is 40.4. The highest BCUT2D eigenvalue weighted by atomic mass is 16.5. The number of rotatable bonds is 24. The molecule has 432 valence electrons. The van der Waals surface area contributed by atoms with E-state index < -0.39 is 0 Å². The van der Waals surface area contributed by atoms with E-state index in [1.165, 1.54) is 128 Å². The van der Waals surface area contributed by atoms with Crippen molar-refractivity contribution in [3.63, 3.8) is 0 Å². The largest absolute Gasteiger partial charge is 0.458 e. The SMILES string of the molecule is CC(C)CCC[C@@H](C)[C@H]1CC[C@H]2[C@@H]3CCC4C[C@@H](OC(=O)C[N+](C)(C)CCCNCCC[N+](C)(C)CC(=O)O[C@H]5CC[C@@]6(C)C(CC[C@H]7[C@@H]8CC[C@H]([C@H](C)CCCC(C)C)[C@@]8(C)CC[C@@H]76)C5)CC[C@]4(C)[C@H]3CC[C@]12C. The lowest BCUT2D eigenvalue weighted by Crippen LogP contribution is -2.54. The topological polar surface area (TPSA) is 64.6 Å². The predicted molar refractivity (Wildman–Crippen MR) is 312 cm³/mol. The van der Waals surface area contributed by atoms with E-state index in [-0.39, 0.29) is 24.1 Å². The fourth-order valence-corrected chi connectivity index (χ4v) is 21.4. The van der Waals surface area contributed by atoms with Gasteiger partial charge in [-0.05, 0) is 220 Å². The Labute approximate surface area is 463 Å². The summed E-state index contributed by atoms with van der Waals surface area (Å²) in [6, 6.07) is 0. The number of quaternary nitrogens is 2. The van der Waals surface area contributed by atoms with Crippen molar-refractivity contribution < 1.29 is 28.0 Å². The molecule has 0 aromatic rings. The van der Waals surface area contributed by atoms with Gasteiger partial charge in [0.05, 0.1) is 41.3 Å². The van der Waals surface area contributed by atoms with Crippen LogP contribution in [0.4, 0.5) is 0 Å². The van der Waals surface area contributed by atoms with Gasteiger partial charge in [0.1, 0.15) is 12.2 Å². The monoisotopic (exact) mass is 1050 g/mol. The number of carbonyl (C=O) groups is 2. The van der Waals surface area contributed by atoms with Gasteiger partial charge in [-0.2, -0.15) is 0 Å². The molecule has 8 saturated carbocycles. The standard InChI is InChI=1S/C68H123N3O4/c1-47(2)19-15-21-49(5)57-27-29-59-55-25-23-51-43-53(31-35-65(51,7)61(55)33-37-67(57,59)9)74-63(72)45-70(11,12)41-17-39-69-40-18-42-71(13,14)46-64(73)75-54-32-36-66(8)52(44-54)24-26-56-60-30-28-58(50(6)22-16-20-48(3)4)68(60,10)38-34-62(56)66/h47-62,69H,15-46H2,1-14H3/q+2/t49-,50-,51?,52?,53+,54+,55+,56+,57-,58-,59+,60+,61+,62+,65+,66+,67-,68-/m1/s1. The van der Waals surface area contributed by atoms with Crippen LogP contribution in [0.3, 0.4) is 0 Å². The molecule has 8 aliphatic carbocycles. The van der Waals surface area contributed by atoms with E-state index in [1.54, 1.807) is 0 Å². The Hall–Kier alpha value is -1.18. The third kappa shape index (κ3) is 13.4. The zero-order chi connectivity index (χ0) is 54.1. The smallest absolute Gasteiger partial charge is 0.362 e. The average Bonchev–Trinajstić information content (AvgIpc) is 3.87. The zero-order valence-electron chi connectivity index (χ0n) is 51.9. The lowest BCUT2D eigenvalue weighted by molar-refractivity contribution is -0.883. The van der Waals surface area contributed by atoms with Crippen LogP contribution in [0.2, 0.25) is 0 Å². The second-order valence-corrected chi connectivity index (χ2v) is 32.2. The van der Waals surface area contributed by atoms with E-state index in [4.69, 9.17) is 9.47 Å². The molecule has 1 N–H and O–H groups in total. The van der Waals surface area contributed by atoms with Crippen LogP contribution in [-0.4, -0.2) is 101 Å². The van der Waals surface area contributed by atoms with E-state index in [1.807, 2.05) is 0 Å². The number of carbonyl (C=O) groups excluding carboxylic acids is 2. The van der Waals surface area contributed by atoms with Gasteiger partial charge in [0.25, 0.3) is 0 Å². The van der Waals surface area contributed by atoms with Gasteiger partial charge in [0.2, 0.25) is 0 Å². The lowest BCUT2D eigenvalue weighted by Gasteiger charge is -2.61. The van der Waals surface area contributed by atoms with Gasteiger partial charge in [-0.1, -0.05) is 108 Å². The third-order valence-corrected chi connectivity index (χ3v) is 25.6. The summed E-state index contributed by atoms with van der Waals surface area (Å²) in [5.74, 6) is 12.0. The van der Waals surface area contributed by atoms with Crippen molar-refractivity contribution in [2.45, 2.75) is 248 Å². The molecule has 8 aliphatic rings. The van der Waals surface area contributed by atoms with Crippen molar-refractivity contribution in [3.8, 4) is 0 Å². The molecule has 18 atom stereocenters. The fourth-order valence-electron chi connectivity index (χ4n) is 21.4. The highest BCUT2D eigenvalue weighted by molar-refractivity contribution is 5.71. The Morgan fingerprint density at radius 2 is 0.840 bits per heavy atom. The summed E-state index contributed by atoms with van der Waals surface area (Å²) in [6.07, 6.45) is 34.5. The first-order chi connectivity index (χ1) is 35.4. The summed E-state index contributed by atoms with van der Waals surface area (Å²) in [5, 5.41) is 3.68. The predicted octanol–water partition coefficient (Wildman–Crippen LogP) is 15.6. The Morgan fingerprint density at radius 1 is 0.467 bits per heavy atom. The number of nitrogens with zero attached hydrogens (tertiary/aromatic N) is 2. The first-order valence-electron chi connectivity index (χ1n) is 33.1. The Morgan fingerprint density at radius 3 is 1.23 bits per heavy atom.